The summed E-state index contributed by atoms with van der Waals surface area (Å²) in [5, 5.41) is 8.08. The van der Waals surface area contributed by atoms with Crippen molar-refractivity contribution in [3.8, 4) is 5.88 Å². The lowest BCUT2D eigenvalue weighted by Gasteiger charge is -2.19. The molecular weight excluding hydrogens is 439 g/mol. The molecule has 0 saturated carbocycles. The molecule has 1 aromatic carbocycles. The minimum Gasteiger partial charge on any atom is -0.481 e. The van der Waals surface area contributed by atoms with E-state index in [-0.39, 0.29) is 29.2 Å². The summed E-state index contributed by atoms with van der Waals surface area (Å²) in [6.07, 6.45) is 3.11. The van der Waals surface area contributed by atoms with Crippen LogP contribution in [0, 0.1) is 6.92 Å². The lowest BCUT2D eigenvalue weighted by atomic mass is 10.1. The SMILES string of the molecule is C=CC(=O)Nc1cc(C)ccc1Nc1nc(Nc2cc(OC)ncn2)ncc1C(F)(F)CF. The molecule has 0 unspecified atom stereocenters. The third-order valence-electron chi connectivity index (χ3n) is 4.31. The van der Waals surface area contributed by atoms with Gasteiger partial charge in [0.15, 0.2) is 6.67 Å². The maximum atomic E-state index is 14.3. The van der Waals surface area contributed by atoms with Crippen LogP contribution in [0.3, 0.4) is 0 Å². The molecule has 12 heteroatoms. The van der Waals surface area contributed by atoms with Crippen molar-refractivity contribution < 1.29 is 22.7 Å². The molecule has 2 heterocycles. The summed E-state index contributed by atoms with van der Waals surface area (Å²) in [5.41, 5.74) is 0.581. The molecule has 1 amide bonds. The second-order valence-corrected chi connectivity index (χ2v) is 6.73. The number of carbonyl (C=O) groups excluding carboxylic acids is 1. The second-order valence-electron chi connectivity index (χ2n) is 6.73. The van der Waals surface area contributed by atoms with Gasteiger partial charge in [-0.3, -0.25) is 4.79 Å². The van der Waals surface area contributed by atoms with Crippen molar-refractivity contribution in [3.63, 3.8) is 0 Å². The molecule has 172 valence electrons. The number of carbonyl (C=O) groups is 1. The smallest absolute Gasteiger partial charge is 0.306 e. The molecule has 0 radical (unpaired) electrons. The number of ether oxygens (including phenoxy) is 1. The van der Waals surface area contributed by atoms with Crippen molar-refractivity contribution >= 4 is 34.9 Å². The molecule has 9 nitrogen and oxygen atoms in total. The molecule has 0 saturated heterocycles. The fourth-order valence-corrected chi connectivity index (χ4v) is 2.69. The Morgan fingerprint density at radius 1 is 1.18 bits per heavy atom. The summed E-state index contributed by atoms with van der Waals surface area (Å²) < 4.78 is 46.7. The largest absolute Gasteiger partial charge is 0.481 e. The normalized spacial score (nSPS) is 10.9. The van der Waals surface area contributed by atoms with E-state index in [9.17, 15) is 18.0 Å². The van der Waals surface area contributed by atoms with Crippen LogP contribution in [0.1, 0.15) is 11.1 Å². The molecule has 0 bridgehead atoms. The maximum Gasteiger partial charge on any atom is 0.306 e. The van der Waals surface area contributed by atoms with Gasteiger partial charge in [0, 0.05) is 12.3 Å². The van der Waals surface area contributed by atoms with Gasteiger partial charge in [-0.05, 0) is 30.7 Å². The monoisotopic (exact) mass is 459 g/mol. The highest BCUT2D eigenvalue weighted by Crippen LogP contribution is 2.36. The van der Waals surface area contributed by atoms with Crippen LogP contribution in [-0.2, 0) is 10.7 Å². The summed E-state index contributed by atoms with van der Waals surface area (Å²) in [6.45, 7) is 3.23. The number of methoxy groups -OCH3 is 1. The molecular formula is C21H20F3N7O2. The van der Waals surface area contributed by atoms with Crippen LogP contribution < -0.4 is 20.7 Å². The maximum absolute atomic E-state index is 14.3. The minimum atomic E-state index is -3.85. The first kappa shape index (κ1) is 23.4. The number of hydrogen-bond donors (Lipinski definition) is 3. The number of nitrogens with one attached hydrogen (secondary N) is 3. The Hall–Kier alpha value is -4.22. The highest BCUT2D eigenvalue weighted by atomic mass is 19.3. The zero-order valence-electron chi connectivity index (χ0n) is 17.7. The molecule has 33 heavy (non-hydrogen) atoms. The lowest BCUT2D eigenvalue weighted by Crippen LogP contribution is -2.20. The zero-order chi connectivity index (χ0) is 24.0. The average molecular weight is 459 g/mol. The van der Waals surface area contributed by atoms with Crippen LogP contribution in [0.4, 0.5) is 42.1 Å². The van der Waals surface area contributed by atoms with E-state index in [2.05, 4.69) is 42.5 Å². The van der Waals surface area contributed by atoms with Gasteiger partial charge in [-0.1, -0.05) is 12.6 Å². The summed E-state index contributed by atoms with van der Waals surface area (Å²) in [4.78, 5) is 27.6. The lowest BCUT2D eigenvalue weighted by molar-refractivity contribution is -0.111. The van der Waals surface area contributed by atoms with E-state index < -0.39 is 24.1 Å². The number of aromatic nitrogens is 4. The van der Waals surface area contributed by atoms with Gasteiger partial charge < -0.3 is 20.7 Å². The molecule has 3 N–H and O–H groups in total. The van der Waals surface area contributed by atoms with Gasteiger partial charge in [0.1, 0.15) is 18.0 Å². The fourth-order valence-electron chi connectivity index (χ4n) is 2.69. The summed E-state index contributed by atoms with van der Waals surface area (Å²) in [6, 6.07) is 6.34. The van der Waals surface area contributed by atoms with Gasteiger partial charge in [0.25, 0.3) is 0 Å². The van der Waals surface area contributed by atoms with Crippen LogP contribution in [0.15, 0.2) is 49.4 Å². The third kappa shape index (κ3) is 5.73. The summed E-state index contributed by atoms with van der Waals surface area (Å²) in [5.74, 6) is -4.31. The van der Waals surface area contributed by atoms with E-state index in [0.717, 1.165) is 17.8 Å². The average Bonchev–Trinajstić information content (AvgIpc) is 2.81. The number of halogens is 3. The Kier molecular flexibility index (Phi) is 7.06. The first-order valence-electron chi connectivity index (χ1n) is 9.51. The Morgan fingerprint density at radius 2 is 1.97 bits per heavy atom. The number of anilines is 5. The molecule has 0 atom stereocenters. The Bertz CT molecular complexity index is 1170. The number of rotatable bonds is 9. The van der Waals surface area contributed by atoms with Gasteiger partial charge in [-0.15, -0.1) is 0 Å². The zero-order valence-corrected chi connectivity index (χ0v) is 17.7. The van der Waals surface area contributed by atoms with Crippen LogP contribution >= 0.6 is 0 Å². The number of hydrogen-bond acceptors (Lipinski definition) is 8. The van der Waals surface area contributed by atoms with Gasteiger partial charge in [0.05, 0.1) is 24.0 Å². The topological polar surface area (TPSA) is 114 Å². The predicted octanol–water partition coefficient (Wildman–Crippen LogP) is 4.26. The second kappa shape index (κ2) is 9.94. The molecule has 0 spiro atoms. The standard InChI is InChI=1S/C21H20F3N7O2/c1-4-17(32)28-15-7-12(2)5-6-14(15)29-19-13(21(23,24)10-22)9-25-20(31-19)30-16-8-18(33-3)27-11-26-16/h4-9,11H,1,10H2,2-3H3,(H,28,32)(H2,25,26,27,29,30,31). The fraction of sp³-hybridized carbons (Fsp3) is 0.190. The van der Waals surface area contributed by atoms with Crippen molar-refractivity contribution in [2.45, 2.75) is 12.8 Å². The third-order valence-corrected chi connectivity index (χ3v) is 4.31. The molecule has 0 fully saturated rings. The molecule has 0 aliphatic heterocycles. The van der Waals surface area contributed by atoms with Crippen LogP contribution in [0.5, 0.6) is 5.88 Å². The van der Waals surface area contributed by atoms with Crippen molar-refractivity contribution in [1.29, 1.82) is 0 Å². The summed E-state index contributed by atoms with van der Waals surface area (Å²) >= 11 is 0. The van der Waals surface area contributed by atoms with Crippen LogP contribution in [-0.4, -0.2) is 39.6 Å². The molecule has 0 aliphatic carbocycles. The number of benzene rings is 1. The number of alkyl halides is 3. The van der Waals surface area contributed by atoms with Crippen molar-refractivity contribution in [1.82, 2.24) is 19.9 Å². The minimum absolute atomic E-state index is 0.0968. The van der Waals surface area contributed by atoms with E-state index in [1.165, 1.54) is 19.5 Å². The van der Waals surface area contributed by atoms with E-state index in [4.69, 9.17) is 4.74 Å². The van der Waals surface area contributed by atoms with Gasteiger partial charge in [0.2, 0.25) is 17.7 Å². The van der Waals surface area contributed by atoms with E-state index >= 15 is 0 Å². The van der Waals surface area contributed by atoms with Crippen molar-refractivity contribution in [3.05, 3.63) is 60.6 Å². The van der Waals surface area contributed by atoms with Gasteiger partial charge in [-0.2, -0.15) is 13.8 Å². The molecule has 3 aromatic rings. The van der Waals surface area contributed by atoms with E-state index in [0.29, 0.717) is 5.69 Å². The quantitative estimate of drug-likeness (QED) is 0.407. The number of aryl methyl sites for hydroxylation is 1. The highest BCUT2D eigenvalue weighted by molar-refractivity contribution is 6.01. The van der Waals surface area contributed by atoms with E-state index in [1.807, 2.05) is 0 Å². The van der Waals surface area contributed by atoms with Crippen LogP contribution in [0.25, 0.3) is 0 Å². The highest BCUT2D eigenvalue weighted by Gasteiger charge is 2.36. The Morgan fingerprint density at radius 3 is 2.67 bits per heavy atom. The van der Waals surface area contributed by atoms with Gasteiger partial charge >= 0.3 is 5.92 Å². The Balaban J connectivity index is 2.02. The van der Waals surface area contributed by atoms with E-state index in [1.54, 1.807) is 25.1 Å². The van der Waals surface area contributed by atoms with Crippen LogP contribution in [0.2, 0.25) is 0 Å². The van der Waals surface area contributed by atoms with Crippen molar-refractivity contribution in [2.75, 3.05) is 29.7 Å². The first-order chi connectivity index (χ1) is 15.7. The molecule has 0 aliphatic rings. The Labute approximate surface area is 187 Å². The molecule has 2 aromatic heterocycles. The first-order valence-corrected chi connectivity index (χ1v) is 9.51. The number of nitrogens with zero attached hydrogens (tertiary/aromatic N) is 4. The number of amides is 1. The summed E-state index contributed by atoms with van der Waals surface area (Å²) in [7, 11) is 1.42. The van der Waals surface area contributed by atoms with Crippen molar-refractivity contribution in [2.24, 2.45) is 0 Å². The predicted molar refractivity (Wildman–Crippen MR) is 117 cm³/mol. The molecule has 3 rings (SSSR count). The van der Waals surface area contributed by atoms with Gasteiger partial charge in [-0.25, -0.2) is 19.3 Å².